The lowest BCUT2D eigenvalue weighted by atomic mass is 10.00. The number of nitrogens with zero attached hydrogens (tertiary/aromatic N) is 1. The van der Waals surface area contributed by atoms with Gasteiger partial charge in [-0.3, -0.25) is 4.98 Å². The Morgan fingerprint density at radius 1 is 1.23 bits per heavy atom. The van der Waals surface area contributed by atoms with E-state index in [1.54, 1.807) is 12.4 Å². The maximum atomic E-state index is 6.36. The first-order chi connectivity index (χ1) is 10.7. The number of fused-ring (bicyclic) bond motifs is 1. The summed E-state index contributed by atoms with van der Waals surface area (Å²) in [5, 5.41) is 1.95. The van der Waals surface area contributed by atoms with E-state index in [9.17, 15) is 0 Å². The minimum atomic E-state index is 0.673. The van der Waals surface area contributed by atoms with Gasteiger partial charge in [0.15, 0.2) is 0 Å². The summed E-state index contributed by atoms with van der Waals surface area (Å²) in [6.07, 6.45) is 6.58. The van der Waals surface area contributed by atoms with Gasteiger partial charge in [0.05, 0.1) is 10.7 Å². The van der Waals surface area contributed by atoms with Gasteiger partial charge in [0.2, 0.25) is 0 Å². The second-order valence-corrected chi connectivity index (χ2v) is 5.98. The third kappa shape index (κ3) is 2.74. The zero-order valence-corrected chi connectivity index (χ0v) is 13.5. The van der Waals surface area contributed by atoms with Crippen LogP contribution in [0.2, 0.25) is 5.02 Å². The lowest BCUT2D eigenvalue weighted by Crippen LogP contribution is -1.99. The number of nitrogens with one attached hydrogen (secondary N) is 1. The van der Waals surface area contributed by atoms with Gasteiger partial charge in [0.25, 0.3) is 0 Å². The van der Waals surface area contributed by atoms with Crippen LogP contribution in [0.1, 0.15) is 24.0 Å². The first kappa shape index (κ1) is 15.1. The lowest BCUT2D eigenvalue weighted by molar-refractivity contribution is 0.748. The van der Waals surface area contributed by atoms with Crippen molar-refractivity contribution in [1.82, 2.24) is 9.97 Å². The highest BCUT2D eigenvalue weighted by Crippen LogP contribution is 2.35. The van der Waals surface area contributed by atoms with Crippen molar-refractivity contribution in [3.05, 3.63) is 52.8 Å². The summed E-state index contributed by atoms with van der Waals surface area (Å²) in [5.41, 5.74) is 11.5. The van der Waals surface area contributed by atoms with Crippen molar-refractivity contribution in [3.8, 4) is 11.3 Å². The first-order valence-electron chi connectivity index (χ1n) is 7.62. The number of para-hydroxylation sites is 1. The van der Waals surface area contributed by atoms with E-state index in [0.29, 0.717) is 5.02 Å². The Labute approximate surface area is 135 Å². The van der Waals surface area contributed by atoms with Crippen LogP contribution in [-0.2, 0) is 6.42 Å². The molecule has 0 saturated heterocycles. The highest BCUT2D eigenvalue weighted by molar-refractivity contribution is 6.33. The number of benzene rings is 1. The maximum absolute atomic E-state index is 6.36. The number of hydrogen-bond acceptors (Lipinski definition) is 2. The van der Waals surface area contributed by atoms with E-state index in [2.05, 4.69) is 35.1 Å². The van der Waals surface area contributed by atoms with Crippen molar-refractivity contribution in [2.24, 2.45) is 5.73 Å². The second-order valence-electron chi connectivity index (χ2n) is 5.58. The summed E-state index contributed by atoms with van der Waals surface area (Å²) >= 11 is 6.36. The Hall–Kier alpha value is -1.84. The number of H-pyrrole nitrogens is 1. The van der Waals surface area contributed by atoms with Crippen molar-refractivity contribution in [1.29, 1.82) is 0 Å². The molecule has 0 saturated carbocycles. The molecule has 0 aliphatic rings. The van der Waals surface area contributed by atoms with Crippen molar-refractivity contribution in [2.75, 3.05) is 6.54 Å². The van der Waals surface area contributed by atoms with Crippen molar-refractivity contribution < 1.29 is 0 Å². The Kier molecular flexibility index (Phi) is 4.46. The van der Waals surface area contributed by atoms with Crippen LogP contribution in [0.3, 0.4) is 0 Å². The topological polar surface area (TPSA) is 54.7 Å². The fraction of sp³-hybridized carbons (Fsp3) is 0.278. The fourth-order valence-corrected chi connectivity index (χ4v) is 3.15. The standard InChI is InChI=1S/C18H20ClN3/c1-12-5-4-7-13-14(6-2-3-9-20)18(22-17(12)13)15-8-10-21-11-16(15)19/h4-5,7-8,10-11,22H,2-3,6,9,20H2,1H3. The van der Waals surface area contributed by atoms with Gasteiger partial charge < -0.3 is 10.7 Å². The molecular weight excluding hydrogens is 294 g/mol. The highest BCUT2D eigenvalue weighted by atomic mass is 35.5. The molecule has 114 valence electrons. The zero-order chi connectivity index (χ0) is 15.5. The van der Waals surface area contributed by atoms with Gasteiger partial charge >= 0.3 is 0 Å². The fourth-order valence-electron chi connectivity index (χ4n) is 2.93. The zero-order valence-electron chi connectivity index (χ0n) is 12.7. The summed E-state index contributed by atoms with van der Waals surface area (Å²) in [4.78, 5) is 7.66. The molecule has 4 heteroatoms. The second kappa shape index (κ2) is 6.51. The summed E-state index contributed by atoms with van der Waals surface area (Å²) < 4.78 is 0. The van der Waals surface area contributed by atoms with Crippen molar-refractivity contribution in [2.45, 2.75) is 26.2 Å². The van der Waals surface area contributed by atoms with Gasteiger partial charge in [0, 0.05) is 28.9 Å². The van der Waals surface area contributed by atoms with E-state index in [0.717, 1.165) is 37.1 Å². The molecule has 0 spiro atoms. The van der Waals surface area contributed by atoms with Crippen LogP contribution >= 0.6 is 11.6 Å². The Balaban J connectivity index is 2.17. The lowest BCUT2D eigenvalue weighted by Gasteiger charge is -2.06. The maximum Gasteiger partial charge on any atom is 0.0682 e. The minimum Gasteiger partial charge on any atom is -0.354 e. The molecule has 3 N–H and O–H groups in total. The van der Waals surface area contributed by atoms with Crippen LogP contribution in [0.25, 0.3) is 22.2 Å². The molecule has 0 bridgehead atoms. The molecule has 0 atom stereocenters. The van der Waals surface area contributed by atoms with Crippen LogP contribution in [0.15, 0.2) is 36.7 Å². The predicted octanol–water partition coefficient (Wildman–Crippen LogP) is 4.47. The van der Waals surface area contributed by atoms with Crippen molar-refractivity contribution >= 4 is 22.5 Å². The summed E-state index contributed by atoms with van der Waals surface area (Å²) in [6, 6.07) is 8.38. The Bertz CT molecular complexity index is 792. The first-order valence-corrected chi connectivity index (χ1v) is 8.00. The van der Waals surface area contributed by atoms with Gasteiger partial charge in [-0.1, -0.05) is 29.8 Å². The molecule has 3 rings (SSSR count). The van der Waals surface area contributed by atoms with Crippen LogP contribution in [0.5, 0.6) is 0 Å². The Morgan fingerprint density at radius 2 is 2.09 bits per heavy atom. The van der Waals surface area contributed by atoms with Gasteiger partial charge in [-0.05, 0) is 49.9 Å². The highest BCUT2D eigenvalue weighted by Gasteiger charge is 2.15. The molecule has 0 amide bonds. The molecule has 2 aromatic heterocycles. The largest absolute Gasteiger partial charge is 0.354 e. The quantitative estimate of drug-likeness (QED) is 0.683. The van der Waals surface area contributed by atoms with E-state index < -0.39 is 0 Å². The molecule has 0 fully saturated rings. The van der Waals surface area contributed by atoms with Crippen LogP contribution in [0, 0.1) is 6.92 Å². The number of halogens is 1. The minimum absolute atomic E-state index is 0.673. The number of rotatable bonds is 5. The molecule has 2 heterocycles. The molecule has 0 aliphatic heterocycles. The summed E-state index contributed by atoms with van der Waals surface area (Å²) in [6.45, 7) is 2.85. The van der Waals surface area contributed by atoms with Crippen LogP contribution in [-0.4, -0.2) is 16.5 Å². The number of aryl methyl sites for hydroxylation is 2. The monoisotopic (exact) mass is 313 g/mol. The number of nitrogens with two attached hydrogens (primary N) is 1. The van der Waals surface area contributed by atoms with Gasteiger partial charge in [0.1, 0.15) is 0 Å². The van der Waals surface area contributed by atoms with Gasteiger partial charge in [-0.2, -0.15) is 0 Å². The number of hydrogen-bond donors (Lipinski definition) is 2. The number of aromatic amines is 1. The van der Waals surface area contributed by atoms with Crippen molar-refractivity contribution in [3.63, 3.8) is 0 Å². The van der Waals surface area contributed by atoms with E-state index >= 15 is 0 Å². The van der Waals surface area contributed by atoms with E-state index in [1.807, 2.05) is 6.07 Å². The number of aromatic nitrogens is 2. The number of unbranched alkanes of at least 4 members (excludes halogenated alkanes) is 1. The van der Waals surface area contributed by atoms with E-state index in [1.165, 1.54) is 22.0 Å². The van der Waals surface area contributed by atoms with Gasteiger partial charge in [-0.25, -0.2) is 0 Å². The summed E-state index contributed by atoms with van der Waals surface area (Å²) in [7, 11) is 0. The third-order valence-electron chi connectivity index (χ3n) is 4.07. The van der Waals surface area contributed by atoms with Crippen LogP contribution in [0.4, 0.5) is 0 Å². The molecule has 22 heavy (non-hydrogen) atoms. The molecule has 3 aromatic rings. The van der Waals surface area contributed by atoms with E-state index in [4.69, 9.17) is 17.3 Å². The summed E-state index contributed by atoms with van der Waals surface area (Å²) in [5.74, 6) is 0. The normalized spacial score (nSPS) is 11.2. The SMILES string of the molecule is Cc1cccc2c(CCCCN)c(-c3ccncc3Cl)[nH]c12. The molecule has 3 nitrogen and oxygen atoms in total. The van der Waals surface area contributed by atoms with Crippen LogP contribution < -0.4 is 5.73 Å². The smallest absolute Gasteiger partial charge is 0.0682 e. The van der Waals surface area contributed by atoms with E-state index in [-0.39, 0.29) is 0 Å². The average molecular weight is 314 g/mol. The number of pyridine rings is 1. The molecule has 0 radical (unpaired) electrons. The molecular formula is C18H20ClN3. The molecule has 1 aromatic carbocycles. The predicted molar refractivity (Wildman–Crippen MR) is 93.3 cm³/mol. The van der Waals surface area contributed by atoms with Gasteiger partial charge in [-0.15, -0.1) is 0 Å². The average Bonchev–Trinajstić information content (AvgIpc) is 2.88. The molecule has 0 unspecified atom stereocenters. The molecule has 0 aliphatic carbocycles. The third-order valence-corrected chi connectivity index (χ3v) is 4.37. The Morgan fingerprint density at radius 3 is 2.86 bits per heavy atom.